The molecule has 180 valence electrons. The molecule has 3 aromatic carbocycles. The molecule has 0 saturated carbocycles. The van der Waals surface area contributed by atoms with Gasteiger partial charge in [-0.25, -0.2) is 4.90 Å². The fourth-order valence-electron chi connectivity index (χ4n) is 5.87. The number of carbonyl (C=O) groups is 2. The van der Waals surface area contributed by atoms with Crippen LogP contribution in [0, 0.1) is 0 Å². The number of H-pyrrole nitrogens is 1. The Morgan fingerprint density at radius 2 is 1.64 bits per heavy atom. The Morgan fingerprint density at radius 3 is 2.50 bits per heavy atom. The van der Waals surface area contributed by atoms with Crippen molar-refractivity contribution in [1.82, 2.24) is 9.88 Å². The van der Waals surface area contributed by atoms with Gasteiger partial charge < -0.3 is 14.5 Å². The summed E-state index contributed by atoms with van der Waals surface area (Å²) in [6.45, 7) is 2.19. The number of hydrogen-bond acceptors (Lipinski definition) is 5. The Balaban J connectivity index is 1.24. The maximum absolute atomic E-state index is 13.7. The van der Waals surface area contributed by atoms with Gasteiger partial charge in [-0.15, -0.1) is 0 Å². The lowest BCUT2D eigenvalue weighted by molar-refractivity contribution is -0.123. The van der Waals surface area contributed by atoms with Crippen LogP contribution in [0.25, 0.3) is 10.9 Å². The minimum atomic E-state index is -0.517. The van der Waals surface area contributed by atoms with Crippen LogP contribution < -0.4 is 14.4 Å². The van der Waals surface area contributed by atoms with Crippen molar-refractivity contribution in [3.63, 3.8) is 0 Å². The number of para-hydroxylation sites is 1. The third kappa shape index (κ3) is 3.31. The van der Waals surface area contributed by atoms with Crippen LogP contribution in [-0.4, -0.2) is 47.5 Å². The molecule has 0 spiro atoms. The number of nitrogens with one attached hydrogen (secondary N) is 1. The van der Waals surface area contributed by atoms with E-state index in [4.69, 9.17) is 9.47 Å². The zero-order valence-corrected chi connectivity index (χ0v) is 19.6. The van der Waals surface area contributed by atoms with E-state index in [9.17, 15) is 9.59 Å². The van der Waals surface area contributed by atoms with Gasteiger partial charge in [0, 0.05) is 41.7 Å². The largest absolute Gasteiger partial charge is 0.486 e. The number of imide groups is 1. The highest BCUT2D eigenvalue weighted by Crippen LogP contribution is 2.41. The van der Waals surface area contributed by atoms with E-state index in [1.54, 1.807) is 18.2 Å². The molecule has 0 aliphatic carbocycles. The molecule has 4 heterocycles. The highest BCUT2D eigenvalue weighted by Gasteiger charge is 2.45. The monoisotopic (exact) mass is 479 g/mol. The number of fused-ring (bicyclic) bond motifs is 4. The smallest absolute Gasteiger partial charge is 0.251 e. The van der Waals surface area contributed by atoms with Crippen LogP contribution in [0.3, 0.4) is 0 Å². The van der Waals surface area contributed by atoms with Crippen molar-refractivity contribution < 1.29 is 19.1 Å². The molecular formula is C29H25N3O4. The molecule has 1 saturated heterocycles. The summed E-state index contributed by atoms with van der Waals surface area (Å²) in [4.78, 5) is 33.9. The molecular weight excluding hydrogens is 454 g/mol. The van der Waals surface area contributed by atoms with Crippen molar-refractivity contribution in [2.75, 3.05) is 24.7 Å². The van der Waals surface area contributed by atoms with E-state index < -0.39 is 6.04 Å². The van der Waals surface area contributed by atoms with Gasteiger partial charge in [0.25, 0.3) is 5.91 Å². The predicted octanol–water partition coefficient (Wildman–Crippen LogP) is 4.22. The molecule has 36 heavy (non-hydrogen) atoms. The minimum absolute atomic E-state index is 0.0948. The van der Waals surface area contributed by atoms with Crippen LogP contribution in [-0.2, 0) is 16.1 Å². The fourth-order valence-corrected chi connectivity index (χ4v) is 5.87. The Hall–Kier alpha value is -4.10. The molecule has 1 N–H and O–H groups in total. The van der Waals surface area contributed by atoms with E-state index in [0.29, 0.717) is 43.5 Å². The van der Waals surface area contributed by atoms with E-state index in [2.05, 4.69) is 52.3 Å². The van der Waals surface area contributed by atoms with Crippen molar-refractivity contribution in [3.8, 4) is 11.5 Å². The van der Waals surface area contributed by atoms with E-state index in [1.165, 1.54) is 21.4 Å². The molecule has 0 bridgehead atoms. The number of hydrogen-bond donors (Lipinski definition) is 1. The number of anilines is 1. The zero-order valence-electron chi connectivity index (χ0n) is 19.6. The Kier molecular flexibility index (Phi) is 4.85. The molecule has 4 aromatic rings. The first kappa shape index (κ1) is 21.2. The minimum Gasteiger partial charge on any atom is -0.486 e. The number of carbonyl (C=O) groups excluding carboxylic acids is 2. The van der Waals surface area contributed by atoms with Gasteiger partial charge in [0.15, 0.2) is 11.5 Å². The van der Waals surface area contributed by atoms with E-state index in [1.807, 2.05) is 12.1 Å². The first-order valence-corrected chi connectivity index (χ1v) is 12.3. The number of ether oxygens (including phenoxy) is 2. The van der Waals surface area contributed by atoms with Crippen LogP contribution in [0.2, 0.25) is 0 Å². The zero-order chi connectivity index (χ0) is 24.2. The number of aromatic amines is 1. The number of aromatic nitrogens is 1. The van der Waals surface area contributed by atoms with Gasteiger partial charge in [0.1, 0.15) is 13.2 Å². The van der Waals surface area contributed by atoms with Crippen LogP contribution in [0.1, 0.15) is 29.2 Å². The number of nitrogens with zero attached hydrogens (tertiary/aromatic N) is 2. The molecule has 1 fully saturated rings. The fraction of sp³-hybridized carbons (Fsp3) is 0.241. The van der Waals surface area contributed by atoms with Crippen molar-refractivity contribution in [1.29, 1.82) is 0 Å². The molecule has 2 atom stereocenters. The van der Waals surface area contributed by atoms with E-state index in [0.717, 1.165) is 11.2 Å². The molecule has 7 heteroatoms. The topological polar surface area (TPSA) is 74.9 Å². The van der Waals surface area contributed by atoms with Gasteiger partial charge in [0.2, 0.25) is 5.91 Å². The summed E-state index contributed by atoms with van der Waals surface area (Å²) in [5, 5.41) is 1.22. The SMILES string of the molecule is O=C1C[C@H](N2Cc3[nH]c4ccccc4c3[C@H](c3ccccc3)C2)C(=O)N1c1ccc2c(c1)OCCO2. The summed E-state index contributed by atoms with van der Waals surface area (Å²) in [5.74, 6) is 0.905. The molecule has 3 aliphatic heterocycles. The second-order valence-corrected chi connectivity index (χ2v) is 9.57. The molecule has 7 rings (SSSR count). The third-order valence-electron chi connectivity index (χ3n) is 7.50. The van der Waals surface area contributed by atoms with Gasteiger partial charge >= 0.3 is 0 Å². The van der Waals surface area contributed by atoms with Gasteiger partial charge in [0.05, 0.1) is 18.2 Å². The lowest BCUT2D eigenvalue weighted by Crippen LogP contribution is -2.45. The number of benzene rings is 3. The maximum Gasteiger partial charge on any atom is 0.251 e. The van der Waals surface area contributed by atoms with Crippen molar-refractivity contribution in [3.05, 3.63) is 89.6 Å². The van der Waals surface area contributed by atoms with Gasteiger partial charge in [-0.2, -0.15) is 0 Å². The average Bonchev–Trinajstić information content (AvgIpc) is 3.44. The van der Waals surface area contributed by atoms with Crippen LogP contribution in [0.15, 0.2) is 72.8 Å². The Morgan fingerprint density at radius 1 is 0.861 bits per heavy atom. The summed E-state index contributed by atoms with van der Waals surface area (Å²) in [7, 11) is 0. The quantitative estimate of drug-likeness (QED) is 0.446. The number of rotatable bonds is 3. The summed E-state index contributed by atoms with van der Waals surface area (Å²) in [6, 6.07) is 23.5. The predicted molar refractivity (Wildman–Crippen MR) is 135 cm³/mol. The first-order chi connectivity index (χ1) is 17.7. The third-order valence-corrected chi connectivity index (χ3v) is 7.50. The summed E-state index contributed by atoms with van der Waals surface area (Å²) in [6.07, 6.45) is 0.157. The standard InChI is InChI=1S/C29H25N3O4/c33-27-15-24(29(34)32(27)19-10-11-25-26(14-19)36-13-12-35-25)31-16-21(18-6-2-1-3-7-18)28-20-8-4-5-9-22(20)30-23(28)17-31/h1-11,14,21,24,30H,12-13,15-17H2/t21-,24-/m0/s1. The van der Waals surface area contributed by atoms with Crippen LogP contribution in [0.4, 0.5) is 5.69 Å². The van der Waals surface area contributed by atoms with Gasteiger partial charge in [-0.1, -0.05) is 48.5 Å². The second-order valence-electron chi connectivity index (χ2n) is 9.57. The Labute approximate surface area is 208 Å². The second kappa shape index (κ2) is 8.24. The lowest BCUT2D eigenvalue weighted by Gasteiger charge is -2.36. The van der Waals surface area contributed by atoms with Crippen LogP contribution >= 0.6 is 0 Å². The van der Waals surface area contributed by atoms with Gasteiger partial charge in [-0.3, -0.25) is 14.5 Å². The van der Waals surface area contributed by atoms with E-state index in [-0.39, 0.29) is 24.2 Å². The molecule has 2 amide bonds. The highest BCUT2D eigenvalue weighted by molar-refractivity contribution is 6.22. The summed E-state index contributed by atoms with van der Waals surface area (Å²) < 4.78 is 11.3. The van der Waals surface area contributed by atoms with E-state index >= 15 is 0 Å². The van der Waals surface area contributed by atoms with Crippen LogP contribution in [0.5, 0.6) is 11.5 Å². The number of amides is 2. The normalized spacial score (nSPS) is 21.7. The lowest BCUT2D eigenvalue weighted by atomic mass is 9.85. The maximum atomic E-state index is 13.7. The molecule has 1 aromatic heterocycles. The molecule has 3 aliphatic rings. The Bertz CT molecular complexity index is 1500. The molecule has 0 radical (unpaired) electrons. The molecule has 0 unspecified atom stereocenters. The van der Waals surface area contributed by atoms with Crippen molar-refractivity contribution >= 4 is 28.4 Å². The summed E-state index contributed by atoms with van der Waals surface area (Å²) >= 11 is 0. The average molecular weight is 480 g/mol. The first-order valence-electron chi connectivity index (χ1n) is 12.3. The van der Waals surface area contributed by atoms with Crippen molar-refractivity contribution in [2.45, 2.75) is 24.9 Å². The highest BCUT2D eigenvalue weighted by atomic mass is 16.6. The summed E-state index contributed by atoms with van der Waals surface area (Å²) in [5.41, 5.74) is 5.22. The van der Waals surface area contributed by atoms with Gasteiger partial charge in [-0.05, 0) is 29.3 Å². The van der Waals surface area contributed by atoms with Crippen molar-refractivity contribution in [2.24, 2.45) is 0 Å². The molecule has 7 nitrogen and oxygen atoms in total.